The molecule has 0 radical (unpaired) electrons. The number of aliphatic hydroxyl groups is 1. The van der Waals surface area contributed by atoms with E-state index in [4.69, 9.17) is 5.11 Å². The van der Waals surface area contributed by atoms with E-state index >= 15 is 0 Å². The first-order chi connectivity index (χ1) is 10.2. The van der Waals surface area contributed by atoms with Crippen LogP contribution in [0.15, 0.2) is 12.4 Å². The minimum Gasteiger partial charge on any atom is -0.396 e. The number of carbonyl (C=O) groups excluding carboxylic acids is 1. The van der Waals surface area contributed by atoms with Gasteiger partial charge in [-0.1, -0.05) is 0 Å². The largest absolute Gasteiger partial charge is 0.396 e. The molecule has 1 aromatic rings. The van der Waals surface area contributed by atoms with Crippen molar-refractivity contribution in [3.63, 3.8) is 0 Å². The first-order valence-corrected chi connectivity index (χ1v) is 7.80. The normalized spacial score (nSPS) is 22.0. The number of urea groups is 1. The summed E-state index contributed by atoms with van der Waals surface area (Å²) in [5.74, 6) is 0.422. The third-order valence-electron chi connectivity index (χ3n) is 4.13. The Kier molecular flexibility index (Phi) is 6.04. The first kappa shape index (κ1) is 15.8. The molecule has 0 spiro atoms. The van der Waals surface area contributed by atoms with Gasteiger partial charge in [-0.05, 0) is 50.0 Å². The van der Waals surface area contributed by atoms with E-state index in [9.17, 15) is 4.79 Å². The summed E-state index contributed by atoms with van der Waals surface area (Å²) in [7, 11) is 1.90. The number of carbonyl (C=O) groups is 1. The lowest BCUT2D eigenvalue weighted by atomic mass is 9.87. The highest BCUT2D eigenvalue weighted by atomic mass is 16.3. The van der Waals surface area contributed by atoms with Gasteiger partial charge in [0.05, 0.1) is 6.20 Å². The Morgan fingerprint density at radius 3 is 2.81 bits per heavy atom. The molecular weight excluding hydrogens is 268 g/mol. The van der Waals surface area contributed by atoms with Crippen LogP contribution in [-0.2, 0) is 13.5 Å². The molecule has 21 heavy (non-hydrogen) atoms. The molecule has 1 fully saturated rings. The topological polar surface area (TPSA) is 79.2 Å². The van der Waals surface area contributed by atoms with Crippen LogP contribution in [0.3, 0.4) is 0 Å². The molecule has 1 saturated carbocycles. The summed E-state index contributed by atoms with van der Waals surface area (Å²) in [6, 6.07) is 0.180. The number of aromatic nitrogens is 2. The van der Waals surface area contributed by atoms with Crippen molar-refractivity contribution in [2.24, 2.45) is 13.0 Å². The highest BCUT2D eigenvalue weighted by molar-refractivity contribution is 5.74. The fraction of sp³-hybridized carbons (Fsp3) is 0.733. The quantitative estimate of drug-likeness (QED) is 0.690. The van der Waals surface area contributed by atoms with E-state index < -0.39 is 0 Å². The Bertz CT molecular complexity index is 439. The van der Waals surface area contributed by atoms with Crippen LogP contribution in [0, 0.1) is 5.92 Å². The molecule has 6 nitrogen and oxygen atoms in total. The molecule has 0 saturated heterocycles. The van der Waals surface area contributed by atoms with Crippen molar-refractivity contribution < 1.29 is 9.90 Å². The van der Waals surface area contributed by atoms with E-state index in [0.717, 1.165) is 38.5 Å². The van der Waals surface area contributed by atoms with Crippen LogP contribution in [0.1, 0.15) is 37.7 Å². The summed E-state index contributed by atoms with van der Waals surface area (Å²) in [5, 5.41) is 19.1. The Morgan fingerprint density at radius 1 is 1.43 bits per heavy atom. The average molecular weight is 294 g/mol. The van der Waals surface area contributed by atoms with Gasteiger partial charge >= 0.3 is 6.03 Å². The SMILES string of the molecule is Cn1cc(CCCNC(=O)NC2CCC(CO)CC2)cn1. The maximum absolute atomic E-state index is 11.8. The van der Waals surface area contributed by atoms with E-state index in [1.165, 1.54) is 5.56 Å². The van der Waals surface area contributed by atoms with Gasteiger partial charge in [-0.3, -0.25) is 4.68 Å². The molecule has 2 rings (SSSR count). The van der Waals surface area contributed by atoms with E-state index in [-0.39, 0.29) is 18.7 Å². The molecule has 1 aromatic heterocycles. The molecule has 1 aliphatic carbocycles. The molecule has 2 amide bonds. The van der Waals surface area contributed by atoms with Crippen LogP contribution >= 0.6 is 0 Å². The van der Waals surface area contributed by atoms with Gasteiger partial charge in [-0.15, -0.1) is 0 Å². The Balaban J connectivity index is 1.55. The van der Waals surface area contributed by atoms with Crippen molar-refractivity contribution in [2.75, 3.05) is 13.2 Å². The summed E-state index contributed by atoms with van der Waals surface area (Å²) in [4.78, 5) is 11.8. The summed E-state index contributed by atoms with van der Waals surface area (Å²) in [5.41, 5.74) is 1.20. The number of amides is 2. The lowest BCUT2D eigenvalue weighted by Gasteiger charge is -2.27. The van der Waals surface area contributed by atoms with Crippen LogP contribution < -0.4 is 10.6 Å². The van der Waals surface area contributed by atoms with Crippen LogP contribution in [0.4, 0.5) is 4.79 Å². The molecular formula is C15H26N4O2. The minimum absolute atomic E-state index is 0.0753. The van der Waals surface area contributed by atoms with Gasteiger partial charge in [-0.2, -0.15) is 5.10 Å². The lowest BCUT2D eigenvalue weighted by molar-refractivity contribution is 0.174. The van der Waals surface area contributed by atoms with E-state index in [1.54, 1.807) is 4.68 Å². The van der Waals surface area contributed by atoms with Crippen molar-refractivity contribution in [3.05, 3.63) is 18.0 Å². The molecule has 118 valence electrons. The number of hydrogen-bond acceptors (Lipinski definition) is 3. The molecule has 6 heteroatoms. The number of nitrogens with one attached hydrogen (secondary N) is 2. The van der Waals surface area contributed by atoms with Crippen molar-refractivity contribution >= 4 is 6.03 Å². The van der Waals surface area contributed by atoms with Crippen LogP contribution in [-0.4, -0.2) is 40.1 Å². The third kappa shape index (κ3) is 5.38. The number of aryl methyl sites for hydroxylation is 2. The third-order valence-corrected chi connectivity index (χ3v) is 4.13. The maximum atomic E-state index is 11.8. The fourth-order valence-corrected chi connectivity index (χ4v) is 2.82. The van der Waals surface area contributed by atoms with Gasteiger partial charge in [0.25, 0.3) is 0 Å². The van der Waals surface area contributed by atoms with Gasteiger partial charge in [0, 0.05) is 32.4 Å². The van der Waals surface area contributed by atoms with Crippen molar-refractivity contribution in [3.8, 4) is 0 Å². The fourth-order valence-electron chi connectivity index (χ4n) is 2.82. The van der Waals surface area contributed by atoms with Gasteiger partial charge in [0.2, 0.25) is 0 Å². The predicted octanol–water partition coefficient (Wildman–Crippen LogP) is 1.20. The summed E-state index contributed by atoms with van der Waals surface area (Å²) in [6.45, 7) is 0.944. The van der Waals surface area contributed by atoms with Crippen molar-refractivity contribution in [1.29, 1.82) is 0 Å². The molecule has 3 N–H and O–H groups in total. The molecule has 0 unspecified atom stereocenters. The lowest BCUT2D eigenvalue weighted by Crippen LogP contribution is -2.44. The zero-order chi connectivity index (χ0) is 15.1. The van der Waals surface area contributed by atoms with Crippen LogP contribution in [0.2, 0.25) is 0 Å². The summed E-state index contributed by atoms with van der Waals surface area (Å²) >= 11 is 0. The second-order valence-electron chi connectivity index (χ2n) is 5.93. The number of nitrogens with zero attached hydrogens (tertiary/aromatic N) is 2. The second-order valence-corrected chi connectivity index (χ2v) is 5.93. The van der Waals surface area contributed by atoms with Gasteiger partial charge in [-0.25, -0.2) is 4.79 Å². The molecule has 1 aliphatic rings. The van der Waals surface area contributed by atoms with Gasteiger partial charge in [0.1, 0.15) is 0 Å². The molecule has 0 aliphatic heterocycles. The number of rotatable bonds is 6. The highest BCUT2D eigenvalue weighted by Gasteiger charge is 2.21. The zero-order valence-electron chi connectivity index (χ0n) is 12.7. The molecule has 0 atom stereocenters. The summed E-state index contributed by atoms with van der Waals surface area (Å²) < 4.78 is 1.79. The van der Waals surface area contributed by atoms with Gasteiger partial charge < -0.3 is 15.7 Å². The van der Waals surface area contributed by atoms with Crippen LogP contribution in [0.5, 0.6) is 0 Å². The van der Waals surface area contributed by atoms with Gasteiger partial charge in [0.15, 0.2) is 0 Å². The smallest absolute Gasteiger partial charge is 0.315 e. The van der Waals surface area contributed by atoms with Crippen molar-refractivity contribution in [1.82, 2.24) is 20.4 Å². The average Bonchev–Trinajstić information content (AvgIpc) is 2.90. The van der Waals surface area contributed by atoms with Crippen molar-refractivity contribution in [2.45, 2.75) is 44.6 Å². The maximum Gasteiger partial charge on any atom is 0.315 e. The highest BCUT2D eigenvalue weighted by Crippen LogP contribution is 2.23. The number of aliphatic hydroxyl groups excluding tert-OH is 1. The Hall–Kier alpha value is -1.56. The van der Waals surface area contributed by atoms with Crippen LogP contribution in [0.25, 0.3) is 0 Å². The zero-order valence-corrected chi connectivity index (χ0v) is 12.7. The summed E-state index contributed by atoms with van der Waals surface area (Å²) in [6.07, 6.45) is 9.64. The monoisotopic (exact) mass is 294 g/mol. The molecule has 0 bridgehead atoms. The number of hydrogen-bond donors (Lipinski definition) is 3. The Labute approximate surface area is 125 Å². The predicted molar refractivity (Wildman–Crippen MR) is 80.9 cm³/mol. The van der Waals surface area contributed by atoms with E-state index in [0.29, 0.717) is 12.5 Å². The Morgan fingerprint density at radius 2 is 2.19 bits per heavy atom. The molecule has 0 aromatic carbocycles. The standard InChI is InChI=1S/C15H26N4O2/c1-19-10-13(9-17-19)3-2-8-16-15(21)18-14-6-4-12(11-20)5-7-14/h9-10,12,14,20H,2-8,11H2,1H3,(H2,16,18,21). The second kappa shape index (κ2) is 8.02. The molecule has 1 heterocycles. The van der Waals surface area contributed by atoms with E-state index in [1.807, 2.05) is 19.4 Å². The first-order valence-electron chi connectivity index (χ1n) is 7.80. The van der Waals surface area contributed by atoms with E-state index in [2.05, 4.69) is 15.7 Å². The minimum atomic E-state index is -0.0753.